The number of Topliss-reactive ketones (excluding diaryl/α,β-unsaturated/α-hetero) is 1. The molecule has 1 atom stereocenters. The number of aromatic nitrogens is 4. The Hall–Kier alpha value is -4.42. The van der Waals surface area contributed by atoms with Crippen LogP contribution in [-0.2, 0) is 28.5 Å². The lowest BCUT2D eigenvalue weighted by Crippen LogP contribution is -2.46. The highest BCUT2D eigenvalue weighted by molar-refractivity contribution is 5.97. The molecule has 0 radical (unpaired) electrons. The van der Waals surface area contributed by atoms with Crippen LogP contribution in [0.4, 0.5) is 4.39 Å². The van der Waals surface area contributed by atoms with E-state index in [1.165, 1.54) is 33.0 Å². The van der Waals surface area contributed by atoms with Gasteiger partial charge in [0.2, 0.25) is 17.9 Å². The number of amides is 1. The number of nitrogens with one attached hydrogen (secondary N) is 1. The molecule has 12 nitrogen and oxygen atoms in total. The first-order valence-electron chi connectivity index (χ1n) is 12.6. The van der Waals surface area contributed by atoms with E-state index in [0.29, 0.717) is 5.56 Å². The quantitative estimate of drug-likeness (QED) is 0.211. The number of carbonyl (C=O) groups excluding carboxylic acids is 3. The summed E-state index contributed by atoms with van der Waals surface area (Å²) in [7, 11) is 1.40. The Labute approximate surface area is 229 Å². The van der Waals surface area contributed by atoms with Crippen LogP contribution in [-0.4, -0.2) is 43.7 Å². The first-order chi connectivity index (χ1) is 18.7. The predicted molar refractivity (Wildman–Crippen MR) is 139 cm³/mol. The molecular formula is C27H32FN5O7. The SMILES string of the molecule is Cc1nnc(C(=O)NC(C)(C)c2nc(C(=O)CCc3ccc(F)cc3)c(OC(C)OC(=O)C(C)C)c(=O)n2C)o1. The van der Waals surface area contributed by atoms with E-state index in [4.69, 9.17) is 13.9 Å². The molecule has 0 fully saturated rings. The van der Waals surface area contributed by atoms with Gasteiger partial charge in [0, 0.05) is 27.3 Å². The minimum Gasteiger partial charge on any atom is -0.447 e. The van der Waals surface area contributed by atoms with Gasteiger partial charge in [-0.3, -0.25) is 23.7 Å². The maximum Gasteiger partial charge on any atom is 0.311 e. The first kappa shape index (κ1) is 30.1. The van der Waals surface area contributed by atoms with E-state index in [0.717, 1.165) is 4.57 Å². The summed E-state index contributed by atoms with van der Waals surface area (Å²) in [5.74, 6) is -3.14. The Morgan fingerprint density at radius 1 is 1.12 bits per heavy atom. The van der Waals surface area contributed by atoms with Crippen LogP contribution in [0.15, 0.2) is 33.5 Å². The Balaban J connectivity index is 2.00. The molecule has 1 aromatic carbocycles. The van der Waals surface area contributed by atoms with Crippen LogP contribution < -0.4 is 15.6 Å². The fraction of sp³-hybridized carbons (Fsp3) is 0.444. The van der Waals surface area contributed by atoms with Crippen LogP contribution in [0.25, 0.3) is 0 Å². The molecule has 13 heteroatoms. The normalized spacial score (nSPS) is 12.2. The summed E-state index contributed by atoms with van der Waals surface area (Å²) in [4.78, 5) is 56.1. The van der Waals surface area contributed by atoms with Crippen LogP contribution in [0.3, 0.4) is 0 Å². The molecule has 214 valence electrons. The molecule has 2 heterocycles. The van der Waals surface area contributed by atoms with Gasteiger partial charge in [-0.1, -0.05) is 26.0 Å². The standard InChI is InChI=1S/C27H32FN5O7/c1-14(2)25(37)40-16(4)39-21-20(19(34)13-10-17-8-11-18(28)12-9-17)29-26(33(7)24(21)36)27(5,6)30-22(35)23-32-31-15(3)38-23/h8-9,11-12,14,16H,10,13H2,1-7H3,(H,30,35). The summed E-state index contributed by atoms with van der Waals surface area (Å²) < 4.78 is 30.5. The highest BCUT2D eigenvalue weighted by Crippen LogP contribution is 2.23. The van der Waals surface area contributed by atoms with Gasteiger partial charge in [0.05, 0.1) is 11.5 Å². The number of nitrogens with zero attached hydrogens (tertiary/aromatic N) is 4. The summed E-state index contributed by atoms with van der Waals surface area (Å²) in [6.45, 7) is 9.38. The number of hydrogen-bond donors (Lipinski definition) is 1. The van der Waals surface area contributed by atoms with Crippen molar-refractivity contribution in [2.45, 2.75) is 66.2 Å². The number of ketones is 1. The Morgan fingerprint density at radius 3 is 2.35 bits per heavy atom. The van der Waals surface area contributed by atoms with Gasteiger partial charge >= 0.3 is 17.8 Å². The first-order valence-corrected chi connectivity index (χ1v) is 12.6. The molecule has 0 saturated heterocycles. The number of halogens is 1. The lowest BCUT2D eigenvalue weighted by molar-refractivity contribution is -0.165. The lowest BCUT2D eigenvalue weighted by atomic mass is 10.0. The van der Waals surface area contributed by atoms with Crippen molar-refractivity contribution in [3.8, 4) is 5.75 Å². The Kier molecular flexibility index (Phi) is 9.17. The van der Waals surface area contributed by atoms with Crippen molar-refractivity contribution in [1.29, 1.82) is 0 Å². The van der Waals surface area contributed by atoms with Crippen LogP contribution in [0, 0.1) is 18.7 Å². The zero-order valence-electron chi connectivity index (χ0n) is 23.4. The molecule has 0 aliphatic carbocycles. The molecule has 0 spiro atoms. The molecule has 0 bridgehead atoms. The second kappa shape index (κ2) is 12.2. The van der Waals surface area contributed by atoms with E-state index < -0.39 is 52.5 Å². The molecule has 1 unspecified atom stereocenters. The highest BCUT2D eigenvalue weighted by atomic mass is 19.1. The minimum atomic E-state index is -1.30. The van der Waals surface area contributed by atoms with Crippen molar-refractivity contribution in [3.63, 3.8) is 0 Å². The smallest absolute Gasteiger partial charge is 0.311 e. The molecule has 3 rings (SSSR count). The molecule has 1 amide bonds. The van der Waals surface area contributed by atoms with Gasteiger partial charge in [-0.25, -0.2) is 9.37 Å². The molecule has 0 aliphatic heterocycles. The van der Waals surface area contributed by atoms with Crippen LogP contribution >= 0.6 is 0 Å². The summed E-state index contributed by atoms with van der Waals surface area (Å²) in [6.07, 6.45) is -1.05. The topological polar surface area (TPSA) is 156 Å². The van der Waals surface area contributed by atoms with Crippen LogP contribution in [0.2, 0.25) is 0 Å². The Bertz CT molecular complexity index is 1460. The average Bonchev–Trinajstić information content (AvgIpc) is 3.32. The minimum absolute atomic E-state index is 0.0337. The molecule has 1 N–H and O–H groups in total. The number of ether oxygens (including phenoxy) is 2. The molecule has 0 aliphatic rings. The van der Waals surface area contributed by atoms with E-state index in [-0.39, 0.29) is 36.1 Å². The molecule has 2 aromatic heterocycles. The van der Waals surface area contributed by atoms with Gasteiger partial charge < -0.3 is 19.2 Å². The van der Waals surface area contributed by atoms with Crippen LogP contribution in [0.1, 0.15) is 79.5 Å². The highest BCUT2D eigenvalue weighted by Gasteiger charge is 2.33. The molecule has 3 aromatic rings. The summed E-state index contributed by atoms with van der Waals surface area (Å²) in [6, 6.07) is 5.66. The summed E-state index contributed by atoms with van der Waals surface area (Å²) >= 11 is 0. The fourth-order valence-electron chi connectivity index (χ4n) is 3.73. The van der Waals surface area contributed by atoms with Crippen molar-refractivity contribution in [2.24, 2.45) is 13.0 Å². The summed E-state index contributed by atoms with van der Waals surface area (Å²) in [5.41, 5.74) is -1.64. The number of rotatable bonds is 11. The molecular weight excluding hydrogens is 525 g/mol. The van der Waals surface area contributed by atoms with Gasteiger partial charge in [0.15, 0.2) is 11.5 Å². The van der Waals surface area contributed by atoms with Crippen molar-refractivity contribution in [3.05, 3.63) is 69.3 Å². The third-order valence-electron chi connectivity index (χ3n) is 5.81. The van der Waals surface area contributed by atoms with Gasteiger partial charge in [0.25, 0.3) is 5.56 Å². The van der Waals surface area contributed by atoms with E-state index in [2.05, 4.69) is 20.5 Å². The number of aryl methyl sites for hydroxylation is 2. The zero-order valence-corrected chi connectivity index (χ0v) is 23.4. The second-order valence-electron chi connectivity index (χ2n) is 10.0. The number of carbonyl (C=O) groups is 3. The van der Waals surface area contributed by atoms with Gasteiger partial charge in [-0.2, -0.15) is 0 Å². The van der Waals surface area contributed by atoms with Gasteiger partial charge in [-0.05, 0) is 38.0 Å². The lowest BCUT2D eigenvalue weighted by Gasteiger charge is -2.28. The third-order valence-corrected chi connectivity index (χ3v) is 5.81. The van der Waals surface area contributed by atoms with Crippen molar-refractivity contribution in [1.82, 2.24) is 25.1 Å². The average molecular weight is 558 g/mol. The van der Waals surface area contributed by atoms with Crippen molar-refractivity contribution >= 4 is 17.7 Å². The van der Waals surface area contributed by atoms with E-state index in [9.17, 15) is 23.6 Å². The number of hydrogen-bond acceptors (Lipinski definition) is 10. The van der Waals surface area contributed by atoms with E-state index >= 15 is 0 Å². The third kappa shape index (κ3) is 7.16. The second-order valence-corrected chi connectivity index (χ2v) is 10.0. The maximum atomic E-state index is 13.5. The van der Waals surface area contributed by atoms with Crippen LogP contribution in [0.5, 0.6) is 5.75 Å². The zero-order chi connectivity index (χ0) is 29.8. The van der Waals surface area contributed by atoms with Crippen molar-refractivity contribution in [2.75, 3.05) is 0 Å². The monoisotopic (exact) mass is 557 g/mol. The largest absolute Gasteiger partial charge is 0.447 e. The maximum absolute atomic E-state index is 13.5. The number of esters is 1. The van der Waals surface area contributed by atoms with E-state index in [1.807, 2.05) is 0 Å². The number of benzene rings is 1. The molecule has 0 saturated carbocycles. The van der Waals surface area contributed by atoms with E-state index in [1.54, 1.807) is 39.8 Å². The molecule has 40 heavy (non-hydrogen) atoms. The predicted octanol–water partition coefficient (Wildman–Crippen LogP) is 3.02. The Morgan fingerprint density at radius 2 is 1.77 bits per heavy atom. The summed E-state index contributed by atoms with van der Waals surface area (Å²) in [5, 5.41) is 10.0. The van der Waals surface area contributed by atoms with Crippen molar-refractivity contribution < 1.29 is 32.7 Å². The van der Waals surface area contributed by atoms with Gasteiger partial charge in [-0.15, -0.1) is 10.2 Å². The van der Waals surface area contributed by atoms with Gasteiger partial charge in [0.1, 0.15) is 11.6 Å². The fourth-order valence-corrected chi connectivity index (χ4v) is 3.73.